The molecule has 1 aromatic carbocycles. The molecule has 1 aromatic rings. The largest absolute Gasteiger partial charge is 0.497 e. The van der Waals surface area contributed by atoms with Gasteiger partial charge in [0.05, 0.1) is 20.1 Å². The van der Waals surface area contributed by atoms with Crippen LogP contribution in [0.2, 0.25) is 0 Å². The highest BCUT2D eigenvalue weighted by Crippen LogP contribution is 2.32. The van der Waals surface area contributed by atoms with Crippen molar-refractivity contribution < 1.29 is 19.0 Å². The maximum Gasteiger partial charge on any atom is 0.312 e. The third-order valence-corrected chi connectivity index (χ3v) is 3.96. The molecule has 0 bridgehead atoms. The fourth-order valence-electron chi connectivity index (χ4n) is 2.77. The Morgan fingerprint density at radius 1 is 1.15 bits per heavy atom. The lowest BCUT2D eigenvalue weighted by atomic mass is 9.91. The summed E-state index contributed by atoms with van der Waals surface area (Å²) in [6.45, 7) is 0.379. The van der Waals surface area contributed by atoms with Gasteiger partial charge in [0.1, 0.15) is 18.1 Å². The first kappa shape index (κ1) is 14.7. The van der Waals surface area contributed by atoms with Crippen molar-refractivity contribution in [2.75, 3.05) is 20.8 Å². The first-order valence-electron chi connectivity index (χ1n) is 7.09. The number of carbonyl (C=O) groups is 1. The van der Waals surface area contributed by atoms with Gasteiger partial charge in [-0.1, -0.05) is 12.8 Å². The Labute approximate surface area is 120 Å². The summed E-state index contributed by atoms with van der Waals surface area (Å²) in [5, 5.41) is 0. The van der Waals surface area contributed by atoms with Crippen LogP contribution in [0.4, 0.5) is 0 Å². The number of hydrogen-bond donors (Lipinski definition) is 0. The average Bonchev–Trinajstić information content (AvgIpc) is 3.02. The predicted molar refractivity (Wildman–Crippen MR) is 76.0 cm³/mol. The lowest BCUT2D eigenvalue weighted by Gasteiger charge is -2.21. The van der Waals surface area contributed by atoms with Gasteiger partial charge in [0, 0.05) is 0 Å². The second kappa shape index (κ2) is 7.17. The van der Waals surface area contributed by atoms with E-state index in [2.05, 4.69) is 0 Å². The Balaban J connectivity index is 1.94. The number of carbonyl (C=O) groups excluding carboxylic acids is 1. The molecule has 1 aliphatic carbocycles. The Hall–Kier alpha value is -1.71. The molecule has 0 N–H and O–H groups in total. The van der Waals surface area contributed by atoms with Gasteiger partial charge in [-0.05, 0) is 43.0 Å². The van der Waals surface area contributed by atoms with Crippen LogP contribution >= 0.6 is 0 Å². The number of esters is 1. The SMILES string of the molecule is COC(=O)C(COc1ccc(OC)cc1)C1CCCC1. The lowest BCUT2D eigenvalue weighted by molar-refractivity contribution is -0.148. The summed E-state index contributed by atoms with van der Waals surface area (Å²) in [6.07, 6.45) is 4.57. The molecule has 2 rings (SSSR count). The number of benzene rings is 1. The molecule has 1 atom stereocenters. The van der Waals surface area contributed by atoms with Gasteiger partial charge in [0.2, 0.25) is 0 Å². The van der Waals surface area contributed by atoms with Crippen molar-refractivity contribution in [3.63, 3.8) is 0 Å². The van der Waals surface area contributed by atoms with Crippen LogP contribution in [-0.2, 0) is 9.53 Å². The molecule has 1 unspecified atom stereocenters. The minimum absolute atomic E-state index is 0.162. The summed E-state index contributed by atoms with van der Waals surface area (Å²) in [4.78, 5) is 11.9. The third kappa shape index (κ3) is 3.65. The Bertz CT molecular complexity index is 421. The molecule has 0 aromatic heterocycles. The quantitative estimate of drug-likeness (QED) is 0.750. The minimum Gasteiger partial charge on any atom is -0.497 e. The van der Waals surface area contributed by atoms with Gasteiger partial charge in [0.25, 0.3) is 0 Å². The van der Waals surface area contributed by atoms with E-state index < -0.39 is 0 Å². The van der Waals surface area contributed by atoms with E-state index in [0.717, 1.165) is 24.3 Å². The molecule has 0 spiro atoms. The van der Waals surface area contributed by atoms with Crippen LogP contribution in [0.5, 0.6) is 11.5 Å². The summed E-state index contributed by atoms with van der Waals surface area (Å²) < 4.78 is 15.8. The number of ether oxygens (including phenoxy) is 3. The zero-order valence-electron chi connectivity index (χ0n) is 12.1. The van der Waals surface area contributed by atoms with E-state index >= 15 is 0 Å². The van der Waals surface area contributed by atoms with Crippen molar-refractivity contribution in [2.45, 2.75) is 25.7 Å². The monoisotopic (exact) mass is 278 g/mol. The molecular weight excluding hydrogens is 256 g/mol. The van der Waals surface area contributed by atoms with E-state index in [1.54, 1.807) is 7.11 Å². The summed E-state index contributed by atoms with van der Waals surface area (Å²) >= 11 is 0. The van der Waals surface area contributed by atoms with E-state index in [9.17, 15) is 4.79 Å². The number of methoxy groups -OCH3 is 2. The minimum atomic E-state index is -0.162. The molecule has 1 saturated carbocycles. The first-order valence-corrected chi connectivity index (χ1v) is 7.09. The summed E-state index contributed by atoms with van der Waals surface area (Å²) in [6, 6.07) is 7.39. The molecule has 4 nitrogen and oxygen atoms in total. The second-order valence-corrected chi connectivity index (χ2v) is 5.16. The Morgan fingerprint density at radius 3 is 2.30 bits per heavy atom. The molecule has 0 amide bonds. The molecular formula is C16H22O4. The van der Waals surface area contributed by atoms with Gasteiger partial charge in [-0.15, -0.1) is 0 Å². The molecule has 0 radical (unpaired) electrons. The fraction of sp³-hybridized carbons (Fsp3) is 0.562. The van der Waals surface area contributed by atoms with Crippen molar-refractivity contribution in [3.8, 4) is 11.5 Å². The molecule has 0 saturated heterocycles. The highest BCUT2D eigenvalue weighted by molar-refractivity contribution is 5.72. The normalized spacial score (nSPS) is 16.7. The van der Waals surface area contributed by atoms with Crippen molar-refractivity contribution in [1.29, 1.82) is 0 Å². The summed E-state index contributed by atoms with van der Waals surface area (Å²) in [5.74, 6) is 1.60. The second-order valence-electron chi connectivity index (χ2n) is 5.16. The van der Waals surface area contributed by atoms with Crippen LogP contribution in [0, 0.1) is 11.8 Å². The Kier molecular flexibility index (Phi) is 5.27. The van der Waals surface area contributed by atoms with E-state index in [1.807, 2.05) is 24.3 Å². The summed E-state index contributed by atoms with van der Waals surface area (Å²) in [5.41, 5.74) is 0. The van der Waals surface area contributed by atoms with Gasteiger partial charge in [0.15, 0.2) is 0 Å². The highest BCUT2D eigenvalue weighted by Gasteiger charge is 2.32. The van der Waals surface area contributed by atoms with Crippen LogP contribution in [0.3, 0.4) is 0 Å². The first-order chi connectivity index (χ1) is 9.74. The highest BCUT2D eigenvalue weighted by atomic mass is 16.5. The molecule has 110 valence electrons. The maximum atomic E-state index is 11.9. The van der Waals surface area contributed by atoms with Crippen molar-refractivity contribution in [3.05, 3.63) is 24.3 Å². The Morgan fingerprint density at radius 2 is 1.75 bits per heavy atom. The molecule has 4 heteroatoms. The van der Waals surface area contributed by atoms with Crippen LogP contribution in [-0.4, -0.2) is 26.8 Å². The van der Waals surface area contributed by atoms with E-state index in [-0.39, 0.29) is 11.9 Å². The molecule has 0 aliphatic heterocycles. The standard InChI is InChI=1S/C16H22O4/c1-18-13-7-9-14(10-8-13)20-11-15(16(17)19-2)12-5-3-4-6-12/h7-10,12,15H,3-6,11H2,1-2H3. The van der Waals surface area contributed by atoms with Gasteiger partial charge >= 0.3 is 5.97 Å². The van der Waals surface area contributed by atoms with E-state index in [4.69, 9.17) is 14.2 Å². The zero-order valence-corrected chi connectivity index (χ0v) is 12.1. The molecule has 1 fully saturated rings. The fourth-order valence-corrected chi connectivity index (χ4v) is 2.77. The molecule has 20 heavy (non-hydrogen) atoms. The topological polar surface area (TPSA) is 44.8 Å². The predicted octanol–water partition coefficient (Wildman–Crippen LogP) is 3.05. The maximum absolute atomic E-state index is 11.9. The smallest absolute Gasteiger partial charge is 0.312 e. The van der Waals surface area contributed by atoms with E-state index in [0.29, 0.717) is 12.5 Å². The summed E-state index contributed by atoms with van der Waals surface area (Å²) in [7, 11) is 3.07. The van der Waals surface area contributed by atoms with Gasteiger partial charge < -0.3 is 14.2 Å². The molecule has 0 heterocycles. The lowest BCUT2D eigenvalue weighted by Crippen LogP contribution is -2.29. The van der Waals surface area contributed by atoms with Crippen molar-refractivity contribution in [1.82, 2.24) is 0 Å². The van der Waals surface area contributed by atoms with Gasteiger partial charge in [-0.2, -0.15) is 0 Å². The van der Waals surface area contributed by atoms with Crippen LogP contribution < -0.4 is 9.47 Å². The average molecular weight is 278 g/mol. The van der Waals surface area contributed by atoms with Gasteiger partial charge in [-0.3, -0.25) is 4.79 Å². The third-order valence-electron chi connectivity index (χ3n) is 3.96. The van der Waals surface area contributed by atoms with E-state index in [1.165, 1.54) is 20.0 Å². The zero-order chi connectivity index (χ0) is 14.4. The van der Waals surface area contributed by atoms with Crippen LogP contribution in [0.15, 0.2) is 24.3 Å². The number of rotatable bonds is 6. The van der Waals surface area contributed by atoms with Crippen molar-refractivity contribution in [2.24, 2.45) is 11.8 Å². The van der Waals surface area contributed by atoms with Gasteiger partial charge in [-0.25, -0.2) is 0 Å². The van der Waals surface area contributed by atoms with Crippen molar-refractivity contribution >= 4 is 5.97 Å². The number of hydrogen-bond acceptors (Lipinski definition) is 4. The molecule has 1 aliphatic rings. The van der Waals surface area contributed by atoms with Crippen LogP contribution in [0.25, 0.3) is 0 Å². The van der Waals surface area contributed by atoms with Crippen LogP contribution in [0.1, 0.15) is 25.7 Å².